The molecule has 1 aromatic rings. The number of aromatic amines is 1. The number of hydrogen-bond acceptors (Lipinski definition) is 1. The Balaban J connectivity index is 2.07. The summed E-state index contributed by atoms with van der Waals surface area (Å²) in [5.41, 5.74) is 1.18. The molecule has 1 saturated carbocycles. The van der Waals surface area contributed by atoms with Crippen molar-refractivity contribution in [2.45, 2.75) is 52.0 Å². The highest BCUT2D eigenvalue weighted by Crippen LogP contribution is 2.33. The number of aryl methyl sites for hydroxylation is 1. The average Bonchev–Trinajstić information content (AvgIpc) is 2.58. The van der Waals surface area contributed by atoms with Crippen LogP contribution < -0.4 is 0 Å². The Hall–Kier alpha value is -0.570. The molecule has 1 N–H and O–H groups in total. The monoisotopic (exact) mass is 224 g/mol. The van der Waals surface area contributed by atoms with E-state index in [0.717, 1.165) is 10.7 Å². The van der Waals surface area contributed by atoms with Crippen LogP contribution in [0.5, 0.6) is 0 Å². The van der Waals surface area contributed by atoms with Crippen LogP contribution >= 0.6 is 12.2 Å². The van der Waals surface area contributed by atoms with Crippen molar-refractivity contribution in [2.75, 3.05) is 0 Å². The van der Waals surface area contributed by atoms with Gasteiger partial charge in [0.05, 0.1) is 0 Å². The first kappa shape index (κ1) is 10.9. The summed E-state index contributed by atoms with van der Waals surface area (Å²) >= 11 is 5.32. The van der Waals surface area contributed by atoms with Crippen molar-refractivity contribution >= 4 is 12.2 Å². The maximum atomic E-state index is 5.32. The standard InChI is InChI=1S/C12H20N2S/c1-3-10-4-6-11(7-5-10)14-8-9(2)13-12(14)15/h8,10-11H,3-7H2,1-2H3,(H,13,15). The third-order valence-corrected chi connectivity index (χ3v) is 3.97. The summed E-state index contributed by atoms with van der Waals surface area (Å²) in [4.78, 5) is 3.21. The van der Waals surface area contributed by atoms with Crippen molar-refractivity contribution in [3.8, 4) is 0 Å². The van der Waals surface area contributed by atoms with Crippen molar-refractivity contribution in [1.29, 1.82) is 0 Å². The molecule has 0 saturated heterocycles. The lowest BCUT2D eigenvalue weighted by Crippen LogP contribution is -2.17. The van der Waals surface area contributed by atoms with E-state index in [1.807, 2.05) is 0 Å². The quantitative estimate of drug-likeness (QED) is 0.753. The zero-order chi connectivity index (χ0) is 10.8. The van der Waals surface area contributed by atoms with E-state index in [1.165, 1.54) is 37.8 Å². The summed E-state index contributed by atoms with van der Waals surface area (Å²) in [6, 6.07) is 0.644. The zero-order valence-electron chi connectivity index (χ0n) is 9.62. The molecule has 0 atom stereocenters. The van der Waals surface area contributed by atoms with Crippen LogP contribution in [-0.2, 0) is 0 Å². The summed E-state index contributed by atoms with van der Waals surface area (Å²) in [6.45, 7) is 4.38. The van der Waals surface area contributed by atoms with Gasteiger partial charge in [-0.1, -0.05) is 13.3 Å². The molecule has 0 unspecified atom stereocenters. The van der Waals surface area contributed by atoms with E-state index in [-0.39, 0.29) is 0 Å². The molecule has 0 radical (unpaired) electrons. The molecule has 0 aliphatic heterocycles. The fourth-order valence-corrected chi connectivity index (χ4v) is 3.00. The van der Waals surface area contributed by atoms with E-state index < -0.39 is 0 Å². The van der Waals surface area contributed by atoms with Gasteiger partial charge in [-0.05, 0) is 50.7 Å². The normalized spacial score (nSPS) is 26.8. The van der Waals surface area contributed by atoms with Gasteiger partial charge in [-0.2, -0.15) is 0 Å². The lowest BCUT2D eigenvalue weighted by molar-refractivity contribution is 0.268. The molecule has 0 aromatic carbocycles. The molecule has 15 heavy (non-hydrogen) atoms. The van der Waals surface area contributed by atoms with Gasteiger partial charge in [0.1, 0.15) is 0 Å². The van der Waals surface area contributed by atoms with Crippen LogP contribution in [-0.4, -0.2) is 9.55 Å². The van der Waals surface area contributed by atoms with Gasteiger partial charge >= 0.3 is 0 Å². The molecule has 1 aromatic heterocycles. The number of imidazole rings is 1. The Labute approximate surface area is 96.7 Å². The van der Waals surface area contributed by atoms with Gasteiger partial charge in [0.2, 0.25) is 0 Å². The summed E-state index contributed by atoms with van der Waals surface area (Å²) < 4.78 is 3.16. The van der Waals surface area contributed by atoms with E-state index in [0.29, 0.717) is 6.04 Å². The predicted molar refractivity (Wildman–Crippen MR) is 65.6 cm³/mol. The highest BCUT2D eigenvalue weighted by atomic mass is 32.1. The Morgan fingerprint density at radius 2 is 2.07 bits per heavy atom. The van der Waals surface area contributed by atoms with Crippen LogP contribution in [0.15, 0.2) is 6.20 Å². The minimum absolute atomic E-state index is 0.644. The molecule has 1 aliphatic rings. The fourth-order valence-electron chi connectivity index (χ4n) is 2.64. The molecule has 1 fully saturated rings. The van der Waals surface area contributed by atoms with Crippen molar-refractivity contribution in [3.63, 3.8) is 0 Å². The van der Waals surface area contributed by atoms with Crippen LogP contribution in [0.25, 0.3) is 0 Å². The van der Waals surface area contributed by atoms with E-state index in [1.54, 1.807) is 0 Å². The first-order chi connectivity index (χ1) is 7.20. The van der Waals surface area contributed by atoms with Gasteiger partial charge in [-0.15, -0.1) is 0 Å². The number of nitrogens with one attached hydrogen (secondary N) is 1. The van der Waals surface area contributed by atoms with E-state index in [2.05, 4.69) is 29.6 Å². The SMILES string of the molecule is CCC1CCC(n2cc(C)[nH]c2=S)CC1. The van der Waals surface area contributed by atoms with Crippen LogP contribution in [0, 0.1) is 17.6 Å². The minimum Gasteiger partial charge on any atom is -0.335 e. The van der Waals surface area contributed by atoms with Crippen LogP contribution in [0.3, 0.4) is 0 Å². The van der Waals surface area contributed by atoms with Crippen molar-refractivity contribution in [3.05, 3.63) is 16.7 Å². The summed E-state index contributed by atoms with van der Waals surface area (Å²) in [7, 11) is 0. The van der Waals surface area contributed by atoms with E-state index >= 15 is 0 Å². The van der Waals surface area contributed by atoms with Crippen molar-refractivity contribution in [2.24, 2.45) is 5.92 Å². The van der Waals surface area contributed by atoms with E-state index in [4.69, 9.17) is 12.2 Å². The molecular formula is C12H20N2S. The third kappa shape index (κ3) is 2.33. The van der Waals surface area contributed by atoms with Crippen molar-refractivity contribution < 1.29 is 0 Å². The summed E-state index contributed by atoms with van der Waals surface area (Å²) in [6.07, 6.45) is 8.83. The second-order valence-electron chi connectivity index (χ2n) is 4.73. The van der Waals surface area contributed by atoms with Crippen LogP contribution in [0.2, 0.25) is 0 Å². The Kier molecular flexibility index (Phi) is 3.29. The Bertz CT molecular complexity index is 369. The molecule has 2 nitrogen and oxygen atoms in total. The maximum Gasteiger partial charge on any atom is 0.177 e. The molecule has 0 amide bonds. The number of hydrogen-bond donors (Lipinski definition) is 1. The molecule has 84 valence electrons. The molecule has 1 heterocycles. The molecule has 1 aliphatic carbocycles. The maximum absolute atomic E-state index is 5.32. The van der Waals surface area contributed by atoms with Gasteiger partial charge in [-0.3, -0.25) is 0 Å². The van der Waals surface area contributed by atoms with Crippen LogP contribution in [0.4, 0.5) is 0 Å². The first-order valence-electron chi connectivity index (χ1n) is 5.98. The topological polar surface area (TPSA) is 20.7 Å². The smallest absolute Gasteiger partial charge is 0.177 e. The van der Waals surface area contributed by atoms with Gasteiger partial charge in [0.15, 0.2) is 4.77 Å². The van der Waals surface area contributed by atoms with Gasteiger partial charge < -0.3 is 9.55 Å². The van der Waals surface area contributed by atoms with Gasteiger partial charge in [0, 0.05) is 17.9 Å². The van der Waals surface area contributed by atoms with Crippen molar-refractivity contribution in [1.82, 2.24) is 9.55 Å². The van der Waals surface area contributed by atoms with Gasteiger partial charge in [-0.25, -0.2) is 0 Å². The Morgan fingerprint density at radius 1 is 1.40 bits per heavy atom. The number of nitrogens with zero attached hydrogens (tertiary/aromatic N) is 1. The molecule has 0 spiro atoms. The second-order valence-corrected chi connectivity index (χ2v) is 5.12. The largest absolute Gasteiger partial charge is 0.335 e. The molecule has 3 heteroatoms. The zero-order valence-corrected chi connectivity index (χ0v) is 10.4. The predicted octanol–water partition coefficient (Wildman–Crippen LogP) is 4.00. The Morgan fingerprint density at radius 3 is 2.53 bits per heavy atom. The first-order valence-corrected chi connectivity index (χ1v) is 6.39. The fraction of sp³-hybridized carbons (Fsp3) is 0.750. The lowest BCUT2D eigenvalue weighted by Gasteiger charge is -2.28. The van der Waals surface area contributed by atoms with Gasteiger partial charge in [0.25, 0.3) is 0 Å². The highest BCUT2D eigenvalue weighted by Gasteiger charge is 2.21. The molecule has 2 rings (SSSR count). The average molecular weight is 224 g/mol. The highest BCUT2D eigenvalue weighted by molar-refractivity contribution is 7.71. The molecule has 0 bridgehead atoms. The summed E-state index contributed by atoms with van der Waals surface area (Å²) in [5.74, 6) is 0.954. The lowest BCUT2D eigenvalue weighted by atomic mass is 9.84. The number of rotatable bonds is 2. The number of H-pyrrole nitrogens is 1. The van der Waals surface area contributed by atoms with E-state index in [9.17, 15) is 0 Å². The minimum atomic E-state index is 0.644. The molecular weight excluding hydrogens is 204 g/mol. The summed E-state index contributed by atoms with van der Waals surface area (Å²) in [5, 5.41) is 0. The number of aromatic nitrogens is 2. The van der Waals surface area contributed by atoms with Crippen LogP contribution in [0.1, 0.15) is 50.8 Å². The second kappa shape index (κ2) is 4.52. The third-order valence-electron chi connectivity index (χ3n) is 3.66.